The first-order valence-corrected chi connectivity index (χ1v) is 10.7. The Labute approximate surface area is 178 Å². The maximum atomic E-state index is 12.3. The monoisotopic (exact) mass is 406 g/mol. The van der Waals surface area contributed by atoms with E-state index in [0.717, 1.165) is 66.9 Å². The van der Waals surface area contributed by atoms with E-state index in [2.05, 4.69) is 22.2 Å². The Hall–Kier alpha value is -2.86. The number of likely N-dealkylation sites (N-methyl/N-ethyl adjacent to an activating group) is 1. The fourth-order valence-corrected chi connectivity index (χ4v) is 3.88. The number of anilines is 1. The lowest BCUT2D eigenvalue weighted by Gasteiger charge is -2.25. The highest BCUT2D eigenvalue weighted by atomic mass is 16.5. The van der Waals surface area contributed by atoms with Gasteiger partial charge in [0.05, 0.1) is 5.56 Å². The van der Waals surface area contributed by atoms with E-state index in [1.54, 1.807) is 0 Å². The van der Waals surface area contributed by atoms with Gasteiger partial charge in [0.25, 0.3) is 0 Å². The predicted molar refractivity (Wildman–Crippen MR) is 121 cm³/mol. The van der Waals surface area contributed by atoms with Crippen LogP contribution in [0.15, 0.2) is 47.5 Å². The van der Waals surface area contributed by atoms with Crippen LogP contribution in [0.5, 0.6) is 11.5 Å². The van der Waals surface area contributed by atoms with Crippen molar-refractivity contribution in [3.05, 3.63) is 48.0 Å². The third-order valence-electron chi connectivity index (χ3n) is 5.43. The van der Waals surface area contributed by atoms with Crippen LogP contribution in [0.2, 0.25) is 0 Å². The number of fused-ring (bicyclic) bond motifs is 2. The molecule has 1 fully saturated rings. The summed E-state index contributed by atoms with van der Waals surface area (Å²) in [5.74, 6) is 2.76. The molecule has 1 saturated heterocycles. The van der Waals surface area contributed by atoms with Gasteiger partial charge in [-0.2, -0.15) is 0 Å². The number of aliphatic imine (C=N–C) groups is 1. The van der Waals surface area contributed by atoms with Crippen molar-refractivity contribution in [3.63, 3.8) is 0 Å². The number of nitrogens with zero attached hydrogens (tertiary/aromatic N) is 3. The van der Waals surface area contributed by atoms with Gasteiger partial charge >= 0.3 is 0 Å². The summed E-state index contributed by atoms with van der Waals surface area (Å²) in [7, 11) is 2.16. The summed E-state index contributed by atoms with van der Waals surface area (Å²) >= 11 is 0. The molecule has 4 rings (SSSR count). The van der Waals surface area contributed by atoms with Crippen LogP contribution in [0.25, 0.3) is 0 Å². The summed E-state index contributed by atoms with van der Waals surface area (Å²) in [6.45, 7) is 8.00. The van der Waals surface area contributed by atoms with Gasteiger partial charge in [-0.05, 0) is 56.3 Å². The third-order valence-corrected chi connectivity index (χ3v) is 5.43. The maximum absolute atomic E-state index is 12.3. The van der Waals surface area contributed by atoms with Crippen molar-refractivity contribution in [1.29, 1.82) is 0 Å². The van der Waals surface area contributed by atoms with Gasteiger partial charge in [-0.15, -0.1) is 0 Å². The Morgan fingerprint density at radius 2 is 1.93 bits per heavy atom. The van der Waals surface area contributed by atoms with Crippen LogP contribution in [0, 0.1) is 5.92 Å². The van der Waals surface area contributed by atoms with Crippen molar-refractivity contribution < 1.29 is 9.53 Å². The van der Waals surface area contributed by atoms with Crippen LogP contribution in [0.3, 0.4) is 0 Å². The van der Waals surface area contributed by atoms with Crippen LogP contribution >= 0.6 is 0 Å². The first-order chi connectivity index (χ1) is 14.5. The largest absolute Gasteiger partial charge is 0.454 e. The number of para-hydroxylation sites is 2. The lowest BCUT2D eigenvalue weighted by atomic mass is 10.1. The van der Waals surface area contributed by atoms with Crippen molar-refractivity contribution in [2.75, 3.05) is 38.5 Å². The Bertz CT molecular complexity index is 954. The van der Waals surface area contributed by atoms with E-state index in [9.17, 15) is 4.79 Å². The van der Waals surface area contributed by atoms with Crippen molar-refractivity contribution in [1.82, 2.24) is 9.80 Å². The average Bonchev–Trinajstić information content (AvgIpc) is 3.01. The summed E-state index contributed by atoms with van der Waals surface area (Å²) < 4.78 is 6.24. The van der Waals surface area contributed by atoms with E-state index in [1.165, 1.54) is 0 Å². The van der Waals surface area contributed by atoms with Gasteiger partial charge in [-0.25, -0.2) is 4.99 Å². The smallest absolute Gasteiger partial charge is 0.224 e. The van der Waals surface area contributed by atoms with Crippen LogP contribution in [0.4, 0.5) is 11.4 Å². The number of nitrogens with one attached hydrogen (secondary N) is 1. The Morgan fingerprint density at radius 3 is 2.77 bits per heavy atom. The maximum Gasteiger partial charge on any atom is 0.224 e. The summed E-state index contributed by atoms with van der Waals surface area (Å²) in [6.07, 6.45) is 1.58. The molecule has 2 aliphatic heterocycles. The standard InChI is InChI=1S/C24H30N4O2/c1-17(2)15-23(29)25-18-9-10-21-19(16-18)24(28-12-6-11-27(3)13-14-28)26-20-7-4-5-8-22(20)30-21/h4-5,7-10,16-17H,6,11-15H2,1-3H3,(H,25,29). The molecule has 0 saturated carbocycles. The van der Waals surface area contributed by atoms with Crippen molar-refractivity contribution in [2.24, 2.45) is 10.9 Å². The van der Waals surface area contributed by atoms with Crippen LogP contribution in [-0.2, 0) is 4.79 Å². The number of carbonyl (C=O) groups is 1. The van der Waals surface area contributed by atoms with E-state index in [-0.39, 0.29) is 5.91 Å². The first kappa shape index (κ1) is 20.4. The molecule has 2 aromatic rings. The molecule has 0 aromatic heterocycles. The van der Waals surface area contributed by atoms with Gasteiger partial charge in [-0.3, -0.25) is 4.79 Å². The SMILES string of the molecule is CC(C)CC(=O)Nc1ccc2c(c1)C(N1CCCN(C)CC1)=Nc1ccccc1O2. The molecular formula is C24H30N4O2. The first-order valence-electron chi connectivity index (χ1n) is 10.7. The molecule has 2 heterocycles. The van der Waals surface area contributed by atoms with Gasteiger partial charge in [-0.1, -0.05) is 26.0 Å². The predicted octanol–water partition coefficient (Wildman–Crippen LogP) is 4.49. The number of hydrogen-bond acceptors (Lipinski definition) is 5. The number of amidine groups is 1. The zero-order chi connectivity index (χ0) is 21.1. The minimum atomic E-state index is 0.0256. The van der Waals surface area contributed by atoms with E-state index in [1.807, 2.05) is 56.3 Å². The molecule has 158 valence electrons. The summed E-state index contributed by atoms with van der Waals surface area (Å²) in [4.78, 5) is 22.0. The van der Waals surface area contributed by atoms with Crippen LogP contribution in [-0.4, -0.2) is 54.8 Å². The van der Waals surface area contributed by atoms with Crippen LogP contribution in [0.1, 0.15) is 32.3 Å². The number of amides is 1. The van der Waals surface area contributed by atoms with Crippen molar-refractivity contribution >= 4 is 23.1 Å². The fraction of sp³-hybridized carbons (Fsp3) is 0.417. The van der Waals surface area contributed by atoms with Crippen LogP contribution < -0.4 is 10.1 Å². The van der Waals surface area contributed by atoms with Gasteiger partial charge in [0.15, 0.2) is 5.75 Å². The topological polar surface area (TPSA) is 57.2 Å². The minimum absolute atomic E-state index is 0.0256. The minimum Gasteiger partial charge on any atom is -0.454 e. The van der Waals surface area contributed by atoms with Crippen molar-refractivity contribution in [2.45, 2.75) is 26.7 Å². The molecule has 6 nitrogen and oxygen atoms in total. The summed E-state index contributed by atoms with van der Waals surface area (Å²) in [5.41, 5.74) is 2.51. The van der Waals surface area contributed by atoms with E-state index in [0.29, 0.717) is 12.3 Å². The average molecular weight is 407 g/mol. The van der Waals surface area contributed by atoms with Gasteiger partial charge in [0.2, 0.25) is 5.91 Å². The van der Waals surface area contributed by atoms with E-state index >= 15 is 0 Å². The Morgan fingerprint density at radius 1 is 1.10 bits per heavy atom. The zero-order valence-electron chi connectivity index (χ0n) is 18.0. The van der Waals surface area contributed by atoms with Crippen molar-refractivity contribution in [3.8, 4) is 11.5 Å². The molecule has 0 radical (unpaired) electrons. The highest BCUT2D eigenvalue weighted by Gasteiger charge is 2.25. The highest BCUT2D eigenvalue weighted by molar-refractivity contribution is 6.05. The zero-order valence-corrected chi connectivity index (χ0v) is 18.0. The number of hydrogen-bond donors (Lipinski definition) is 1. The second kappa shape index (κ2) is 8.88. The summed E-state index contributed by atoms with van der Waals surface area (Å²) in [6, 6.07) is 13.7. The number of ether oxygens (including phenoxy) is 1. The second-order valence-electron chi connectivity index (χ2n) is 8.51. The molecule has 1 N–H and O–H groups in total. The van der Waals surface area contributed by atoms with Gasteiger partial charge in [0.1, 0.15) is 17.3 Å². The van der Waals surface area contributed by atoms with Gasteiger partial charge in [0, 0.05) is 31.7 Å². The normalized spacial score (nSPS) is 16.7. The van der Waals surface area contributed by atoms with E-state index in [4.69, 9.17) is 9.73 Å². The number of benzene rings is 2. The Balaban J connectivity index is 1.72. The molecule has 0 spiro atoms. The number of rotatable bonds is 3. The molecule has 2 aliphatic rings. The second-order valence-corrected chi connectivity index (χ2v) is 8.51. The molecule has 0 unspecified atom stereocenters. The fourth-order valence-electron chi connectivity index (χ4n) is 3.88. The lowest BCUT2D eigenvalue weighted by Crippen LogP contribution is -2.35. The summed E-state index contributed by atoms with van der Waals surface area (Å²) in [5, 5.41) is 3.03. The third kappa shape index (κ3) is 4.65. The molecular weight excluding hydrogens is 376 g/mol. The lowest BCUT2D eigenvalue weighted by molar-refractivity contribution is -0.116. The molecule has 6 heteroatoms. The highest BCUT2D eigenvalue weighted by Crippen LogP contribution is 2.39. The van der Waals surface area contributed by atoms with E-state index < -0.39 is 0 Å². The molecule has 0 bridgehead atoms. The molecule has 0 aliphatic carbocycles. The molecule has 0 atom stereocenters. The number of carbonyl (C=O) groups excluding carboxylic acids is 1. The van der Waals surface area contributed by atoms with Gasteiger partial charge < -0.3 is 19.9 Å². The quantitative estimate of drug-likeness (QED) is 0.816. The molecule has 30 heavy (non-hydrogen) atoms. The Kier molecular flexibility index (Phi) is 6.04. The molecule has 1 amide bonds. The molecule has 2 aromatic carbocycles.